The Hall–Kier alpha value is -3.42. The van der Waals surface area contributed by atoms with Crippen molar-refractivity contribution in [3.05, 3.63) is 96.6 Å². The van der Waals surface area contributed by atoms with Crippen LogP contribution in [0.4, 0.5) is 0 Å². The second-order valence-corrected chi connectivity index (χ2v) is 8.76. The lowest BCUT2D eigenvalue weighted by atomic mass is 10.1. The number of para-hydroxylation sites is 1. The van der Waals surface area contributed by atoms with Crippen LogP contribution < -0.4 is 0 Å². The van der Waals surface area contributed by atoms with Crippen LogP contribution in [-0.2, 0) is 9.53 Å². The maximum absolute atomic E-state index is 13.6. The summed E-state index contributed by atoms with van der Waals surface area (Å²) >= 11 is 1.44. The van der Waals surface area contributed by atoms with E-state index in [1.165, 1.54) is 11.8 Å². The predicted molar refractivity (Wildman–Crippen MR) is 129 cm³/mol. The van der Waals surface area contributed by atoms with Crippen LogP contribution in [0.5, 0.6) is 0 Å². The summed E-state index contributed by atoms with van der Waals surface area (Å²) in [4.78, 5) is 15.5. The topological polar surface area (TPSA) is 60.2 Å². The highest BCUT2D eigenvalue weighted by atomic mass is 32.2. The quantitative estimate of drug-likeness (QED) is 0.396. The van der Waals surface area contributed by atoms with Gasteiger partial charge < -0.3 is 9.64 Å². The average Bonchev–Trinajstić information content (AvgIpc) is 3.32. The summed E-state index contributed by atoms with van der Waals surface area (Å²) in [7, 11) is 0. The van der Waals surface area contributed by atoms with Crippen molar-refractivity contribution in [3.8, 4) is 17.1 Å². The highest BCUT2D eigenvalue weighted by molar-refractivity contribution is 8.00. The van der Waals surface area contributed by atoms with E-state index in [1.54, 1.807) is 0 Å². The molecule has 7 heteroatoms. The molecule has 1 aliphatic heterocycles. The standard InChI is InChI=1S/C26H24N4O2S/c31-25(29-16-18-32-19-17-29)23(20-10-4-1-5-11-20)33-26-28-27-24(21-12-6-2-7-13-21)30(26)22-14-8-3-9-15-22/h1-15,23H,16-19H2. The number of nitrogens with zero attached hydrogens (tertiary/aromatic N) is 4. The van der Waals surface area contributed by atoms with Crippen LogP contribution in [0.15, 0.2) is 96.2 Å². The van der Waals surface area contributed by atoms with Crippen molar-refractivity contribution in [2.45, 2.75) is 10.4 Å². The van der Waals surface area contributed by atoms with Gasteiger partial charge in [0.2, 0.25) is 5.91 Å². The fourth-order valence-electron chi connectivity index (χ4n) is 3.87. The van der Waals surface area contributed by atoms with Gasteiger partial charge >= 0.3 is 0 Å². The number of benzene rings is 3. The van der Waals surface area contributed by atoms with E-state index in [9.17, 15) is 4.79 Å². The largest absolute Gasteiger partial charge is 0.378 e. The second-order valence-electron chi connectivity index (χ2n) is 7.69. The van der Waals surface area contributed by atoms with E-state index in [2.05, 4.69) is 10.2 Å². The molecule has 6 nitrogen and oxygen atoms in total. The van der Waals surface area contributed by atoms with E-state index < -0.39 is 5.25 Å². The van der Waals surface area contributed by atoms with Crippen molar-refractivity contribution < 1.29 is 9.53 Å². The Bertz CT molecular complexity index is 1190. The molecule has 0 N–H and O–H groups in total. The summed E-state index contributed by atoms with van der Waals surface area (Å²) in [5, 5.41) is 9.32. The Morgan fingerprint density at radius 1 is 0.818 bits per heavy atom. The molecule has 4 aromatic rings. The summed E-state index contributed by atoms with van der Waals surface area (Å²) in [6, 6.07) is 29.9. The molecule has 166 valence electrons. The zero-order chi connectivity index (χ0) is 22.5. The van der Waals surface area contributed by atoms with Gasteiger partial charge in [-0.1, -0.05) is 90.6 Å². The van der Waals surface area contributed by atoms with Gasteiger partial charge in [-0.05, 0) is 17.7 Å². The van der Waals surface area contributed by atoms with Gasteiger partial charge in [0.1, 0.15) is 5.25 Å². The number of thioether (sulfide) groups is 1. The summed E-state index contributed by atoms with van der Waals surface area (Å²) in [6.07, 6.45) is 0. The van der Waals surface area contributed by atoms with Gasteiger partial charge in [0.25, 0.3) is 0 Å². The molecule has 3 aromatic carbocycles. The molecule has 2 heterocycles. The molecule has 0 aliphatic carbocycles. The maximum atomic E-state index is 13.6. The average molecular weight is 457 g/mol. The van der Waals surface area contributed by atoms with Gasteiger partial charge in [0.05, 0.1) is 13.2 Å². The summed E-state index contributed by atoms with van der Waals surface area (Å²) in [5.74, 6) is 0.813. The van der Waals surface area contributed by atoms with Crippen LogP contribution in [0.2, 0.25) is 0 Å². The van der Waals surface area contributed by atoms with Crippen molar-refractivity contribution in [1.82, 2.24) is 19.7 Å². The lowest BCUT2D eigenvalue weighted by Gasteiger charge is -2.30. The summed E-state index contributed by atoms with van der Waals surface area (Å²) in [5.41, 5.74) is 2.87. The molecule has 0 radical (unpaired) electrons. The Kier molecular flexibility index (Phi) is 6.51. The van der Waals surface area contributed by atoms with Crippen LogP contribution in [-0.4, -0.2) is 51.9 Å². The first kappa shape index (κ1) is 21.4. The fraction of sp³-hybridized carbons (Fsp3) is 0.192. The highest BCUT2D eigenvalue weighted by Crippen LogP contribution is 2.38. The van der Waals surface area contributed by atoms with Crippen molar-refractivity contribution in [3.63, 3.8) is 0 Å². The highest BCUT2D eigenvalue weighted by Gasteiger charge is 2.30. The summed E-state index contributed by atoms with van der Waals surface area (Å²) < 4.78 is 7.49. The first-order valence-corrected chi connectivity index (χ1v) is 11.8. The van der Waals surface area contributed by atoms with E-state index in [-0.39, 0.29) is 5.91 Å². The molecule has 0 spiro atoms. The van der Waals surface area contributed by atoms with Gasteiger partial charge in [0.15, 0.2) is 11.0 Å². The number of amides is 1. The molecule has 1 saturated heterocycles. The molecule has 33 heavy (non-hydrogen) atoms. The van der Waals surface area contributed by atoms with Gasteiger partial charge in [0, 0.05) is 24.3 Å². The zero-order valence-corrected chi connectivity index (χ0v) is 18.9. The molecule has 1 unspecified atom stereocenters. The number of carbonyl (C=O) groups excluding carboxylic acids is 1. The third-order valence-electron chi connectivity index (χ3n) is 5.55. The Balaban J connectivity index is 1.57. The zero-order valence-electron chi connectivity index (χ0n) is 18.1. The van der Waals surface area contributed by atoms with E-state index in [1.807, 2.05) is 100 Å². The van der Waals surface area contributed by atoms with Crippen LogP contribution in [0.25, 0.3) is 17.1 Å². The molecular formula is C26H24N4O2S. The molecule has 1 atom stereocenters. The van der Waals surface area contributed by atoms with Crippen molar-refractivity contribution in [2.75, 3.05) is 26.3 Å². The third kappa shape index (κ3) is 4.69. The number of hydrogen-bond acceptors (Lipinski definition) is 5. The minimum absolute atomic E-state index is 0.0679. The fourth-order valence-corrected chi connectivity index (χ4v) is 5.01. The van der Waals surface area contributed by atoms with Crippen molar-refractivity contribution in [2.24, 2.45) is 0 Å². The Morgan fingerprint density at radius 2 is 1.42 bits per heavy atom. The smallest absolute Gasteiger partial charge is 0.240 e. The molecule has 1 aromatic heterocycles. The van der Waals surface area contributed by atoms with Crippen LogP contribution >= 0.6 is 11.8 Å². The maximum Gasteiger partial charge on any atom is 0.240 e. The van der Waals surface area contributed by atoms with E-state index in [0.29, 0.717) is 31.5 Å². The lowest BCUT2D eigenvalue weighted by molar-refractivity contribution is -0.134. The molecule has 1 amide bonds. The molecule has 5 rings (SSSR count). The molecule has 1 fully saturated rings. The van der Waals surface area contributed by atoms with Gasteiger partial charge in [-0.3, -0.25) is 9.36 Å². The van der Waals surface area contributed by atoms with Crippen molar-refractivity contribution in [1.29, 1.82) is 0 Å². The normalized spacial score (nSPS) is 14.7. The molecule has 1 aliphatic rings. The van der Waals surface area contributed by atoms with Crippen LogP contribution in [0.3, 0.4) is 0 Å². The lowest BCUT2D eigenvalue weighted by Crippen LogP contribution is -2.42. The Labute approximate surface area is 197 Å². The molecule has 0 saturated carbocycles. The van der Waals surface area contributed by atoms with E-state index in [0.717, 1.165) is 22.6 Å². The van der Waals surface area contributed by atoms with Crippen LogP contribution in [0.1, 0.15) is 10.8 Å². The third-order valence-corrected chi connectivity index (χ3v) is 6.74. The number of ether oxygens (including phenoxy) is 1. The number of rotatable bonds is 6. The van der Waals surface area contributed by atoms with Gasteiger partial charge in [-0.15, -0.1) is 10.2 Å². The predicted octanol–water partition coefficient (Wildman–Crippen LogP) is 4.63. The van der Waals surface area contributed by atoms with Gasteiger partial charge in [-0.25, -0.2) is 0 Å². The molecule has 0 bridgehead atoms. The first-order valence-electron chi connectivity index (χ1n) is 11.0. The van der Waals surface area contributed by atoms with E-state index >= 15 is 0 Å². The second kappa shape index (κ2) is 10.0. The van der Waals surface area contributed by atoms with E-state index in [4.69, 9.17) is 4.74 Å². The number of hydrogen-bond donors (Lipinski definition) is 0. The SMILES string of the molecule is O=C(C(Sc1nnc(-c2ccccc2)n1-c1ccccc1)c1ccccc1)N1CCOCC1. The minimum Gasteiger partial charge on any atom is -0.378 e. The van der Waals surface area contributed by atoms with Crippen molar-refractivity contribution >= 4 is 17.7 Å². The number of carbonyl (C=O) groups is 1. The van der Waals surface area contributed by atoms with Crippen LogP contribution in [0, 0.1) is 0 Å². The minimum atomic E-state index is -0.431. The Morgan fingerprint density at radius 3 is 2.09 bits per heavy atom. The van der Waals surface area contributed by atoms with Gasteiger partial charge in [-0.2, -0.15) is 0 Å². The monoisotopic (exact) mass is 456 g/mol. The first-order chi connectivity index (χ1) is 16.3. The number of aromatic nitrogens is 3. The number of morpholine rings is 1. The summed E-state index contributed by atoms with van der Waals surface area (Å²) in [6.45, 7) is 2.33. The molecular weight excluding hydrogens is 432 g/mol.